The van der Waals surface area contributed by atoms with Gasteiger partial charge in [-0.2, -0.15) is 0 Å². The predicted octanol–water partition coefficient (Wildman–Crippen LogP) is 2.20. The summed E-state index contributed by atoms with van der Waals surface area (Å²) in [6, 6.07) is 0. The van der Waals surface area contributed by atoms with Crippen LogP contribution in [0.2, 0.25) is 0 Å². The van der Waals surface area contributed by atoms with E-state index in [9.17, 15) is 0 Å². The van der Waals surface area contributed by atoms with E-state index in [1.54, 1.807) is 0 Å². The van der Waals surface area contributed by atoms with Crippen LogP contribution in [0, 0.1) is 18.3 Å². The number of unbranched alkanes of at least 4 members (excludes halogenated alkanes) is 1. The Labute approximate surface area is 69.8 Å². The van der Waals surface area contributed by atoms with E-state index in [1.165, 1.54) is 19.3 Å². The molecule has 0 radical (unpaired) electrons. The topological polar surface area (TPSA) is 20.2 Å². The molecule has 0 aliphatic heterocycles. The van der Waals surface area contributed by atoms with E-state index in [1.807, 2.05) is 0 Å². The van der Waals surface area contributed by atoms with Gasteiger partial charge in [-0.15, -0.1) is 6.42 Å². The number of aliphatic hydroxyl groups is 1. The number of aliphatic hydroxyl groups excluding tert-OH is 1. The first kappa shape index (κ1) is 10.5. The minimum atomic E-state index is -0.540. The molecule has 0 aromatic rings. The first-order valence-corrected chi connectivity index (χ1v) is 4.34. The lowest BCUT2D eigenvalue weighted by Gasteiger charge is -2.11. The summed E-state index contributed by atoms with van der Waals surface area (Å²) in [5.74, 6) is 2.88. The quantitative estimate of drug-likeness (QED) is 0.602. The van der Waals surface area contributed by atoms with Gasteiger partial charge in [-0.3, -0.25) is 0 Å². The van der Waals surface area contributed by atoms with Crippen molar-refractivity contribution in [3.8, 4) is 12.3 Å². The summed E-state index contributed by atoms with van der Waals surface area (Å²) in [7, 11) is 0. The fourth-order valence-electron chi connectivity index (χ4n) is 1.12. The van der Waals surface area contributed by atoms with Crippen molar-refractivity contribution in [2.45, 2.75) is 45.6 Å². The third kappa shape index (κ3) is 5.94. The fourth-order valence-corrected chi connectivity index (χ4v) is 1.12. The second kappa shape index (κ2) is 6.24. The van der Waals surface area contributed by atoms with Crippen molar-refractivity contribution < 1.29 is 5.11 Å². The standard InChI is InChI=1S/C10H18O/c1-4-6-7-9(3)8-10(11)5-2/h2,9-11H,4,6-8H2,1,3H3. The largest absolute Gasteiger partial charge is 0.380 e. The zero-order valence-electron chi connectivity index (χ0n) is 7.51. The van der Waals surface area contributed by atoms with E-state index >= 15 is 0 Å². The molecule has 0 heterocycles. The smallest absolute Gasteiger partial charge is 0.114 e. The third-order valence-corrected chi connectivity index (χ3v) is 1.87. The van der Waals surface area contributed by atoms with Crippen LogP contribution in [-0.4, -0.2) is 11.2 Å². The average Bonchev–Trinajstić information content (AvgIpc) is 2.00. The number of terminal acetylenes is 1. The zero-order chi connectivity index (χ0) is 8.69. The van der Waals surface area contributed by atoms with E-state index in [0.29, 0.717) is 5.92 Å². The van der Waals surface area contributed by atoms with Crippen molar-refractivity contribution in [2.75, 3.05) is 0 Å². The van der Waals surface area contributed by atoms with Crippen LogP contribution in [-0.2, 0) is 0 Å². The van der Waals surface area contributed by atoms with Crippen molar-refractivity contribution in [3.63, 3.8) is 0 Å². The van der Waals surface area contributed by atoms with E-state index in [-0.39, 0.29) is 0 Å². The maximum Gasteiger partial charge on any atom is 0.114 e. The number of hydrogen-bond acceptors (Lipinski definition) is 1. The molecule has 0 spiro atoms. The lowest BCUT2D eigenvalue weighted by molar-refractivity contribution is 0.196. The van der Waals surface area contributed by atoms with Gasteiger partial charge in [0.25, 0.3) is 0 Å². The second-order valence-electron chi connectivity index (χ2n) is 3.17. The maximum absolute atomic E-state index is 9.09. The minimum absolute atomic E-state index is 0.540. The molecule has 11 heavy (non-hydrogen) atoms. The van der Waals surface area contributed by atoms with Crippen molar-refractivity contribution >= 4 is 0 Å². The lowest BCUT2D eigenvalue weighted by atomic mass is 9.98. The highest BCUT2D eigenvalue weighted by atomic mass is 16.3. The summed E-state index contributed by atoms with van der Waals surface area (Å²) in [6.07, 6.45) is 8.88. The van der Waals surface area contributed by atoms with Gasteiger partial charge in [0.15, 0.2) is 0 Å². The third-order valence-electron chi connectivity index (χ3n) is 1.87. The van der Waals surface area contributed by atoms with Crippen molar-refractivity contribution in [1.29, 1.82) is 0 Å². The van der Waals surface area contributed by atoms with E-state index < -0.39 is 6.10 Å². The summed E-state index contributed by atoms with van der Waals surface area (Å²) in [4.78, 5) is 0. The Morgan fingerprint density at radius 1 is 1.55 bits per heavy atom. The number of hydrogen-bond donors (Lipinski definition) is 1. The van der Waals surface area contributed by atoms with Gasteiger partial charge in [-0.1, -0.05) is 39.0 Å². The van der Waals surface area contributed by atoms with Crippen LogP contribution < -0.4 is 0 Å². The Hall–Kier alpha value is -0.480. The molecule has 0 saturated carbocycles. The molecule has 0 bridgehead atoms. The molecule has 0 saturated heterocycles. The maximum atomic E-state index is 9.09. The Morgan fingerprint density at radius 3 is 2.64 bits per heavy atom. The Kier molecular flexibility index (Phi) is 5.97. The molecule has 0 aromatic carbocycles. The summed E-state index contributed by atoms with van der Waals surface area (Å²) < 4.78 is 0. The summed E-state index contributed by atoms with van der Waals surface area (Å²) >= 11 is 0. The molecule has 1 heteroatoms. The van der Waals surface area contributed by atoms with Crippen molar-refractivity contribution in [3.05, 3.63) is 0 Å². The molecule has 0 aliphatic rings. The zero-order valence-corrected chi connectivity index (χ0v) is 7.51. The highest BCUT2D eigenvalue weighted by Crippen LogP contribution is 2.13. The summed E-state index contributed by atoms with van der Waals surface area (Å²) in [5.41, 5.74) is 0. The van der Waals surface area contributed by atoms with Crippen LogP contribution in [0.4, 0.5) is 0 Å². The fraction of sp³-hybridized carbons (Fsp3) is 0.800. The lowest BCUT2D eigenvalue weighted by Crippen LogP contribution is -2.08. The van der Waals surface area contributed by atoms with E-state index in [2.05, 4.69) is 19.8 Å². The molecule has 0 fully saturated rings. The van der Waals surface area contributed by atoms with Crippen LogP contribution in [0.15, 0.2) is 0 Å². The normalized spacial score (nSPS) is 15.5. The molecule has 0 amide bonds. The van der Waals surface area contributed by atoms with Gasteiger partial charge in [0.05, 0.1) is 0 Å². The van der Waals surface area contributed by atoms with E-state index in [4.69, 9.17) is 11.5 Å². The van der Waals surface area contributed by atoms with Crippen LogP contribution in [0.5, 0.6) is 0 Å². The summed E-state index contributed by atoms with van der Waals surface area (Å²) in [6.45, 7) is 4.31. The molecule has 1 nitrogen and oxygen atoms in total. The molecule has 2 atom stereocenters. The van der Waals surface area contributed by atoms with Gasteiger partial charge < -0.3 is 5.11 Å². The van der Waals surface area contributed by atoms with Crippen LogP contribution >= 0.6 is 0 Å². The molecule has 2 unspecified atom stereocenters. The highest BCUT2D eigenvalue weighted by molar-refractivity contribution is 4.93. The molecule has 64 valence electrons. The van der Waals surface area contributed by atoms with Crippen molar-refractivity contribution in [2.24, 2.45) is 5.92 Å². The molecule has 0 rings (SSSR count). The van der Waals surface area contributed by atoms with Gasteiger partial charge in [0, 0.05) is 0 Å². The van der Waals surface area contributed by atoms with Gasteiger partial charge in [-0.25, -0.2) is 0 Å². The first-order valence-electron chi connectivity index (χ1n) is 4.34. The van der Waals surface area contributed by atoms with E-state index in [0.717, 1.165) is 6.42 Å². The van der Waals surface area contributed by atoms with Crippen LogP contribution in [0.1, 0.15) is 39.5 Å². The van der Waals surface area contributed by atoms with Crippen molar-refractivity contribution in [1.82, 2.24) is 0 Å². The first-order chi connectivity index (χ1) is 5.20. The van der Waals surface area contributed by atoms with Gasteiger partial charge in [0.2, 0.25) is 0 Å². The minimum Gasteiger partial charge on any atom is -0.380 e. The van der Waals surface area contributed by atoms with Crippen LogP contribution in [0.25, 0.3) is 0 Å². The summed E-state index contributed by atoms with van der Waals surface area (Å²) in [5, 5.41) is 9.09. The molecular formula is C10H18O. The van der Waals surface area contributed by atoms with Gasteiger partial charge in [0.1, 0.15) is 6.10 Å². The average molecular weight is 154 g/mol. The van der Waals surface area contributed by atoms with Gasteiger partial charge in [-0.05, 0) is 12.3 Å². The Balaban J connectivity index is 3.37. The van der Waals surface area contributed by atoms with Crippen LogP contribution in [0.3, 0.4) is 0 Å². The Morgan fingerprint density at radius 2 is 2.18 bits per heavy atom. The molecule has 0 aliphatic carbocycles. The second-order valence-corrected chi connectivity index (χ2v) is 3.17. The molecule has 1 N–H and O–H groups in total. The highest BCUT2D eigenvalue weighted by Gasteiger charge is 2.06. The Bertz CT molecular complexity index is 123. The SMILES string of the molecule is C#CC(O)CC(C)CCCC. The predicted molar refractivity (Wildman–Crippen MR) is 48.1 cm³/mol. The molecular weight excluding hydrogens is 136 g/mol. The van der Waals surface area contributed by atoms with Gasteiger partial charge >= 0.3 is 0 Å². The molecule has 0 aromatic heterocycles. The number of rotatable bonds is 5. The monoisotopic (exact) mass is 154 g/mol.